The largest absolute Gasteiger partial charge is 0.434 e. The Balaban J connectivity index is 2.34. The highest BCUT2D eigenvalue weighted by Gasteiger charge is 2.18. The number of rotatable bonds is 3. The van der Waals surface area contributed by atoms with Gasteiger partial charge in [-0.15, -0.1) is 0 Å². The van der Waals surface area contributed by atoms with Crippen molar-refractivity contribution in [2.75, 3.05) is 0 Å². The van der Waals surface area contributed by atoms with Crippen molar-refractivity contribution in [1.82, 2.24) is 4.98 Å². The van der Waals surface area contributed by atoms with Crippen LogP contribution < -0.4 is 4.74 Å². The third-order valence-corrected chi connectivity index (χ3v) is 2.66. The highest BCUT2D eigenvalue weighted by Crippen LogP contribution is 2.31. The number of hydrogen-bond acceptors (Lipinski definition) is 4. The molecule has 5 nitrogen and oxygen atoms in total. The summed E-state index contributed by atoms with van der Waals surface area (Å²) >= 11 is 3.14. The molecule has 0 spiro atoms. The third-order valence-electron chi connectivity index (χ3n) is 2.23. The Morgan fingerprint density at radius 3 is 2.61 bits per heavy atom. The second-order valence-electron chi connectivity index (χ2n) is 3.65. The van der Waals surface area contributed by atoms with Crippen molar-refractivity contribution >= 4 is 21.6 Å². The molecule has 1 aromatic heterocycles. The molecule has 1 heterocycles. The van der Waals surface area contributed by atoms with Crippen molar-refractivity contribution in [3.8, 4) is 11.6 Å². The van der Waals surface area contributed by atoms with Gasteiger partial charge in [0, 0.05) is 16.7 Å². The second-order valence-corrected chi connectivity index (χ2v) is 4.57. The van der Waals surface area contributed by atoms with Gasteiger partial charge >= 0.3 is 5.69 Å². The van der Waals surface area contributed by atoms with Gasteiger partial charge in [-0.05, 0) is 35.0 Å². The van der Waals surface area contributed by atoms with E-state index in [-0.39, 0.29) is 11.6 Å². The SMILES string of the molecule is Cc1ccc(Oc2ncc(Br)cc2[N+](=O)[O-])cc1. The topological polar surface area (TPSA) is 65.3 Å². The minimum absolute atomic E-state index is 0.0212. The Morgan fingerprint density at radius 1 is 1.33 bits per heavy atom. The second kappa shape index (κ2) is 5.14. The predicted molar refractivity (Wildman–Crippen MR) is 69.8 cm³/mol. The Morgan fingerprint density at radius 2 is 2.00 bits per heavy atom. The summed E-state index contributed by atoms with van der Waals surface area (Å²) in [5.41, 5.74) is 0.908. The fraction of sp³-hybridized carbons (Fsp3) is 0.0833. The van der Waals surface area contributed by atoms with E-state index < -0.39 is 4.92 Å². The molecule has 92 valence electrons. The summed E-state index contributed by atoms with van der Waals surface area (Å²) in [4.78, 5) is 14.3. The number of aryl methyl sites for hydroxylation is 1. The lowest BCUT2D eigenvalue weighted by Gasteiger charge is -2.05. The molecule has 0 aliphatic rings. The van der Waals surface area contributed by atoms with E-state index >= 15 is 0 Å². The zero-order valence-corrected chi connectivity index (χ0v) is 11.0. The molecule has 2 aromatic rings. The average Bonchev–Trinajstić information content (AvgIpc) is 2.34. The molecule has 0 aliphatic carbocycles. The number of nitrogens with zero attached hydrogens (tertiary/aromatic N) is 2. The third kappa shape index (κ3) is 2.84. The average molecular weight is 309 g/mol. The van der Waals surface area contributed by atoms with Crippen LogP contribution in [0, 0.1) is 17.0 Å². The number of aromatic nitrogens is 1. The lowest BCUT2D eigenvalue weighted by Crippen LogP contribution is -1.96. The molecule has 0 N–H and O–H groups in total. The first-order chi connectivity index (χ1) is 8.56. The molecular formula is C12H9BrN2O3. The van der Waals surface area contributed by atoms with Crippen LogP contribution in [0.15, 0.2) is 41.0 Å². The molecule has 0 saturated carbocycles. The summed E-state index contributed by atoms with van der Waals surface area (Å²) < 4.78 is 5.94. The maximum atomic E-state index is 10.9. The van der Waals surface area contributed by atoms with Crippen LogP contribution in [-0.4, -0.2) is 9.91 Å². The van der Waals surface area contributed by atoms with E-state index in [1.54, 1.807) is 12.1 Å². The van der Waals surface area contributed by atoms with Crippen LogP contribution in [0.1, 0.15) is 5.56 Å². The first-order valence-electron chi connectivity index (χ1n) is 5.11. The van der Waals surface area contributed by atoms with E-state index in [2.05, 4.69) is 20.9 Å². The van der Waals surface area contributed by atoms with Gasteiger partial charge in [0.2, 0.25) is 0 Å². The molecular weight excluding hydrogens is 300 g/mol. The zero-order chi connectivity index (χ0) is 13.1. The van der Waals surface area contributed by atoms with Crippen molar-refractivity contribution in [2.45, 2.75) is 6.92 Å². The smallest absolute Gasteiger partial charge is 0.332 e. The van der Waals surface area contributed by atoms with Crippen molar-refractivity contribution in [3.05, 3.63) is 56.7 Å². The number of hydrogen-bond donors (Lipinski definition) is 0. The minimum Gasteiger partial charge on any atom is -0.434 e. The molecule has 6 heteroatoms. The predicted octanol–water partition coefficient (Wildman–Crippen LogP) is 3.85. The Labute approximate surface area is 112 Å². The van der Waals surface area contributed by atoms with Gasteiger partial charge in [-0.25, -0.2) is 4.98 Å². The number of benzene rings is 1. The van der Waals surface area contributed by atoms with Crippen LogP contribution in [0.4, 0.5) is 5.69 Å². The molecule has 0 aliphatic heterocycles. The first kappa shape index (κ1) is 12.5. The fourth-order valence-electron chi connectivity index (χ4n) is 1.34. The number of halogens is 1. The quantitative estimate of drug-likeness (QED) is 0.638. The Hall–Kier alpha value is -1.95. The Bertz CT molecular complexity index is 584. The molecule has 1 aromatic carbocycles. The van der Waals surface area contributed by atoms with E-state index in [0.29, 0.717) is 10.2 Å². The van der Waals surface area contributed by atoms with Gasteiger partial charge in [-0.2, -0.15) is 0 Å². The van der Waals surface area contributed by atoms with Crippen molar-refractivity contribution < 1.29 is 9.66 Å². The lowest BCUT2D eigenvalue weighted by atomic mass is 10.2. The van der Waals surface area contributed by atoms with Gasteiger partial charge in [0.1, 0.15) is 5.75 Å². The van der Waals surface area contributed by atoms with Crippen molar-refractivity contribution in [1.29, 1.82) is 0 Å². The van der Waals surface area contributed by atoms with E-state index in [4.69, 9.17) is 4.74 Å². The monoisotopic (exact) mass is 308 g/mol. The maximum absolute atomic E-state index is 10.9. The van der Waals surface area contributed by atoms with Gasteiger partial charge in [0.25, 0.3) is 5.88 Å². The van der Waals surface area contributed by atoms with Gasteiger partial charge in [0.15, 0.2) is 0 Å². The summed E-state index contributed by atoms with van der Waals surface area (Å²) in [6.45, 7) is 1.95. The van der Waals surface area contributed by atoms with E-state index in [9.17, 15) is 10.1 Å². The number of nitro groups is 1. The van der Waals surface area contributed by atoms with Gasteiger partial charge < -0.3 is 4.74 Å². The van der Waals surface area contributed by atoms with Crippen LogP contribution in [-0.2, 0) is 0 Å². The molecule has 0 radical (unpaired) electrons. The van der Waals surface area contributed by atoms with E-state index in [1.165, 1.54) is 12.3 Å². The molecule has 0 saturated heterocycles. The van der Waals surface area contributed by atoms with Crippen molar-refractivity contribution in [3.63, 3.8) is 0 Å². The molecule has 2 rings (SSSR count). The number of ether oxygens (including phenoxy) is 1. The lowest BCUT2D eigenvalue weighted by molar-refractivity contribution is -0.386. The van der Waals surface area contributed by atoms with Gasteiger partial charge in [-0.1, -0.05) is 17.7 Å². The summed E-state index contributed by atoms with van der Waals surface area (Å²) in [7, 11) is 0. The minimum atomic E-state index is -0.527. The molecule has 0 atom stereocenters. The summed E-state index contributed by atoms with van der Waals surface area (Å²) in [5.74, 6) is 0.491. The van der Waals surface area contributed by atoms with E-state index in [1.807, 2.05) is 19.1 Å². The molecule has 0 fully saturated rings. The zero-order valence-electron chi connectivity index (χ0n) is 9.46. The normalized spacial score (nSPS) is 10.1. The molecule has 0 unspecified atom stereocenters. The number of pyridine rings is 1. The Kier molecular flexibility index (Phi) is 3.57. The van der Waals surface area contributed by atoms with Gasteiger partial charge in [0.05, 0.1) is 4.92 Å². The summed E-state index contributed by atoms with van der Waals surface area (Å²) in [6.07, 6.45) is 1.45. The van der Waals surface area contributed by atoms with E-state index in [0.717, 1.165) is 5.56 Å². The van der Waals surface area contributed by atoms with Crippen LogP contribution >= 0.6 is 15.9 Å². The van der Waals surface area contributed by atoms with Crippen LogP contribution in [0.3, 0.4) is 0 Å². The fourth-order valence-corrected chi connectivity index (χ4v) is 1.66. The van der Waals surface area contributed by atoms with Crippen LogP contribution in [0.25, 0.3) is 0 Å². The maximum Gasteiger partial charge on any atom is 0.332 e. The van der Waals surface area contributed by atoms with Gasteiger partial charge in [-0.3, -0.25) is 10.1 Å². The van der Waals surface area contributed by atoms with Crippen LogP contribution in [0.2, 0.25) is 0 Å². The first-order valence-corrected chi connectivity index (χ1v) is 5.90. The summed E-state index contributed by atoms with van der Waals surface area (Å²) in [5, 5.41) is 10.9. The molecule has 0 amide bonds. The van der Waals surface area contributed by atoms with Crippen LogP contribution in [0.5, 0.6) is 11.6 Å². The highest BCUT2D eigenvalue weighted by molar-refractivity contribution is 9.10. The van der Waals surface area contributed by atoms with Crippen molar-refractivity contribution in [2.24, 2.45) is 0 Å². The highest BCUT2D eigenvalue weighted by atomic mass is 79.9. The summed E-state index contributed by atoms with van der Waals surface area (Å²) in [6, 6.07) is 8.56. The molecule has 18 heavy (non-hydrogen) atoms. The standard InChI is InChI=1S/C12H9BrN2O3/c1-8-2-4-10(5-3-8)18-12-11(15(16)17)6-9(13)7-14-12/h2-7H,1H3. The molecule has 0 bridgehead atoms.